The Kier molecular flexibility index (Phi) is 9.32. The Morgan fingerprint density at radius 2 is 0.792 bits per heavy atom. The van der Waals surface area contributed by atoms with Gasteiger partial charge >= 0.3 is 0 Å². The minimum atomic E-state index is 0.0251. The van der Waals surface area contributed by atoms with Crippen molar-refractivity contribution >= 4 is 92.9 Å². The van der Waals surface area contributed by atoms with Crippen LogP contribution in [0.25, 0.3) is 104 Å². The van der Waals surface area contributed by atoms with Crippen molar-refractivity contribution in [1.82, 2.24) is 13.7 Å². The van der Waals surface area contributed by atoms with Crippen LogP contribution < -0.4 is 0 Å². The van der Waals surface area contributed by atoms with Gasteiger partial charge < -0.3 is 13.7 Å². The Morgan fingerprint density at radius 3 is 1.26 bits per heavy atom. The summed E-state index contributed by atoms with van der Waals surface area (Å²) in [4.78, 5) is 0. The van der Waals surface area contributed by atoms with Crippen LogP contribution in [0.2, 0.25) is 0 Å². The van der Waals surface area contributed by atoms with Crippen LogP contribution in [-0.2, 0) is 21.7 Å². The molecule has 0 saturated heterocycles. The molecule has 0 spiro atoms. The smallest absolute Gasteiger partial charge is 0.0606 e. The lowest BCUT2D eigenvalue weighted by Crippen LogP contribution is -2.20. The average Bonchev–Trinajstić information content (AvgIpc) is 3.97. The van der Waals surface area contributed by atoms with Crippen molar-refractivity contribution in [3.8, 4) is 11.4 Å². The quantitative estimate of drug-likeness (QED) is 0.157. The summed E-state index contributed by atoms with van der Waals surface area (Å²) in [6.45, 7) is 30.4. The van der Waals surface area contributed by atoms with Crippen molar-refractivity contribution in [2.75, 3.05) is 0 Å². The third-order valence-corrected chi connectivity index (χ3v) is 16.7. The molecule has 13 rings (SSSR count). The summed E-state index contributed by atoms with van der Waals surface area (Å²) in [6, 6.07) is 57.1. The van der Waals surface area contributed by atoms with E-state index in [-0.39, 0.29) is 33.6 Å². The van der Waals surface area contributed by atoms with Crippen LogP contribution in [0.1, 0.15) is 135 Å². The predicted molar refractivity (Wildman–Crippen MR) is 312 cm³/mol. The number of hydrogen-bond acceptors (Lipinski definition) is 0. The summed E-state index contributed by atoms with van der Waals surface area (Å²) in [5.74, 6) is 0.120. The number of rotatable bonds is 3. The fourth-order valence-corrected chi connectivity index (χ4v) is 12.6. The highest BCUT2D eigenvalue weighted by atomic mass is 15.1. The molecule has 0 aliphatic heterocycles. The number of hydrogen-bond donors (Lipinski definition) is 0. The minimum Gasteiger partial charge on any atom is -0.333 e. The normalized spacial score (nSPS) is 16.1. The largest absolute Gasteiger partial charge is 0.333 e. The Labute approximate surface area is 424 Å². The monoisotopic (exact) mass is 938 g/mol. The van der Waals surface area contributed by atoms with E-state index in [0.717, 1.165) is 0 Å². The molecule has 72 heavy (non-hydrogen) atoms. The first-order valence-corrected chi connectivity index (χ1v) is 26.4. The molecule has 1 aliphatic rings. The second kappa shape index (κ2) is 15.0. The average molecular weight is 938 g/mol. The van der Waals surface area contributed by atoms with Gasteiger partial charge in [0.1, 0.15) is 0 Å². The highest BCUT2D eigenvalue weighted by Gasteiger charge is 2.34. The highest BCUT2D eigenvalue weighted by molar-refractivity contribution is 6.23. The van der Waals surface area contributed by atoms with Gasteiger partial charge in [0.15, 0.2) is 0 Å². The molecule has 1 aliphatic carbocycles. The number of aromatic nitrogens is 3. The van der Waals surface area contributed by atoms with Crippen LogP contribution in [0.4, 0.5) is 0 Å². The molecule has 0 radical (unpaired) electrons. The summed E-state index contributed by atoms with van der Waals surface area (Å²) in [7, 11) is 0. The molecule has 2 atom stereocenters. The lowest BCUT2D eigenvalue weighted by atomic mass is 9.85. The maximum absolute atomic E-state index is 2.66. The molecule has 358 valence electrons. The zero-order valence-corrected chi connectivity index (χ0v) is 44.5. The maximum atomic E-state index is 2.66. The van der Waals surface area contributed by atoms with Crippen LogP contribution in [0, 0.1) is 0 Å². The van der Waals surface area contributed by atoms with E-state index in [9.17, 15) is 0 Å². The van der Waals surface area contributed by atoms with Crippen molar-refractivity contribution in [1.29, 1.82) is 0 Å². The summed E-state index contributed by atoms with van der Waals surface area (Å²) < 4.78 is 7.84. The summed E-state index contributed by atoms with van der Waals surface area (Å²) in [6.07, 6.45) is 4.96. The van der Waals surface area contributed by atoms with Crippen LogP contribution in [0.15, 0.2) is 152 Å². The van der Waals surface area contributed by atoms with Crippen LogP contribution >= 0.6 is 0 Å². The molecular formula is C69H67N3. The van der Waals surface area contributed by atoms with Gasteiger partial charge in [-0.1, -0.05) is 175 Å². The first-order chi connectivity index (χ1) is 34.1. The summed E-state index contributed by atoms with van der Waals surface area (Å²) in [5.41, 5.74) is 16.8. The van der Waals surface area contributed by atoms with E-state index in [0.29, 0.717) is 0 Å². The van der Waals surface area contributed by atoms with Gasteiger partial charge in [-0.3, -0.25) is 0 Å². The summed E-state index contributed by atoms with van der Waals surface area (Å²) in [5, 5.41) is 14.4. The number of allylic oxidation sites excluding steroid dienone is 1. The van der Waals surface area contributed by atoms with Gasteiger partial charge in [0.25, 0.3) is 0 Å². The van der Waals surface area contributed by atoms with Gasteiger partial charge in [-0.05, 0) is 149 Å². The molecule has 0 bridgehead atoms. The summed E-state index contributed by atoms with van der Waals surface area (Å²) >= 11 is 0. The molecule has 9 aromatic carbocycles. The van der Waals surface area contributed by atoms with Gasteiger partial charge in [0, 0.05) is 66.5 Å². The Balaban J connectivity index is 1.08. The van der Waals surface area contributed by atoms with Gasteiger partial charge in [0.2, 0.25) is 0 Å². The fraction of sp³-hybridized carbons (Fsp3) is 0.275. The molecule has 12 aromatic rings. The van der Waals surface area contributed by atoms with E-state index >= 15 is 0 Å². The first kappa shape index (κ1) is 44.8. The molecular weight excluding hydrogens is 871 g/mol. The molecule has 0 fully saturated rings. The molecule has 3 nitrogen and oxygen atoms in total. The maximum Gasteiger partial charge on any atom is 0.0606 e. The van der Waals surface area contributed by atoms with Crippen molar-refractivity contribution in [2.24, 2.45) is 0 Å². The minimum absolute atomic E-state index is 0.0251. The van der Waals surface area contributed by atoms with Crippen molar-refractivity contribution < 1.29 is 0 Å². The van der Waals surface area contributed by atoms with E-state index in [4.69, 9.17) is 0 Å². The number of nitrogens with zero attached hydrogens (tertiary/aromatic N) is 3. The van der Waals surface area contributed by atoms with E-state index < -0.39 is 0 Å². The molecule has 3 heterocycles. The second-order valence-corrected chi connectivity index (χ2v) is 25.6. The highest BCUT2D eigenvalue weighted by Crippen LogP contribution is 2.49. The standard InChI is InChI=1S/C69H67N3/c1-40-57(72-60-30-23-47(68(8,9)10)37-55(60)56-38-48(69(11,12)13)24-31-61(56)72)32-27-52-51-26-25-49(70-58-28-21-45(66(2,3)4)35-53(58)54-36-46(67(5,6)7)22-29-59(54)70)39-62(51)71(65(40)52)50-33-43-19-17-41-15-14-16-42-18-20-44(34-50)64(43)63(41)42/h14-40,57H,1-13H3/t40-,57?/m0/s1. The van der Waals surface area contributed by atoms with Gasteiger partial charge in [-0.2, -0.15) is 0 Å². The molecule has 0 N–H and O–H groups in total. The van der Waals surface area contributed by atoms with Crippen molar-refractivity contribution in [3.05, 3.63) is 185 Å². The predicted octanol–water partition coefficient (Wildman–Crippen LogP) is 19.3. The lowest BCUT2D eigenvalue weighted by molar-refractivity contribution is 0.522. The number of benzene rings is 9. The molecule has 3 aromatic heterocycles. The van der Waals surface area contributed by atoms with Crippen molar-refractivity contribution in [3.63, 3.8) is 0 Å². The van der Waals surface area contributed by atoms with Crippen molar-refractivity contribution in [2.45, 2.75) is 124 Å². The van der Waals surface area contributed by atoms with Gasteiger partial charge in [-0.25, -0.2) is 0 Å². The molecule has 1 unspecified atom stereocenters. The zero-order valence-electron chi connectivity index (χ0n) is 44.5. The molecule has 0 saturated carbocycles. The molecule has 0 amide bonds. The van der Waals surface area contributed by atoms with E-state index in [1.165, 1.54) is 132 Å². The van der Waals surface area contributed by atoms with E-state index in [1.54, 1.807) is 0 Å². The van der Waals surface area contributed by atoms with Crippen LogP contribution in [0.5, 0.6) is 0 Å². The SMILES string of the molecule is C[C@@H]1c2c(c3ccc(-n4c5ccc(C(C)(C)C)cc5c5cc(C(C)(C)C)ccc54)cc3n2-c2cc3ccc4cccc5ccc(c2)c3c45)C=CC1n1c2ccc(C(C)(C)C)cc2c2cc(C(C)(C)C)ccc21. The van der Waals surface area contributed by atoms with E-state index in [2.05, 4.69) is 261 Å². The van der Waals surface area contributed by atoms with Crippen LogP contribution in [-0.4, -0.2) is 13.7 Å². The van der Waals surface area contributed by atoms with E-state index in [1.807, 2.05) is 0 Å². The van der Waals surface area contributed by atoms with Crippen LogP contribution in [0.3, 0.4) is 0 Å². The Hall–Kier alpha value is -7.10. The fourth-order valence-electron chi connectivity index (χ4n) is 12.6. The first-order valence-electron chi connectivity index (χ1n) is 26.4. The Bertz CT molecular complexity index is 4060. The van der Waals surface area contributed by atoms with Gasteiger partial charge in [-0.15, -0.1) is 0 Å². The number of fused-ring (bicyclic) bond motifs is 9. The third kappa shape index (κ3) is 6.61. The lowest BCUT2D eigenvalue weighted by Gasteiger charge is -2.30. The second-order valence-electron chi connectivity index (χ2n) is 25.6. The Morgan fingerprint density at radius 1 is 0.361 bits per heavy atom. The topological polar surface area (TPSA) is 14.8 Å². The third-order valence-electron chi connectivity index (χ3n) is 16.7. The zero-order chi connectivity index (χ0) is 50.1. The molecule has 3 heteroatoms. The van der Waals surface area contributed by atoms with Gasteiger partial charge in [0.05, 0.1) is 22.6 Å².